The second-order valence-electron chi connectivity index (χ2n) is 6.75. The van der Waals surface area contributed by atoms with Gasteiger partial charge in [0.1, 0.15) is 11.6 Å². The highest BCUT2D eigenvalue weighted by Crippen LogP contribution is 2.31. The van der Waals surface area contributed by atoms with Crippen LogP contribution in [0.2, 0.25) is 0 Å². The van der Waals surface area contributed by atoms with Gasteiger partial charge in [0.05, 0.1) is 11.0 Å². The van der Waals surface area contributed by atoms with Gasteiger partial charge in [-0.3, -0.25) is 9.59 Å². The van der Waals surface area contributed by atoms with E-state index in [-0.39, 0.29) is 29.7 Å². The van der Waals surface area contributed by atoms with E-state index in [1.54, 1.807) is 4.90 Å². The van der Waals surface area contributed by atoms with E-state index in [4.69, 9.17) is 5.73 Å². The minimum absolute atomic E-state index is 0. The largest absolute Gasteiger partial charge is 0.342 e. The number of carbonyl (C=O) groups is 2. The summed E-state index contributed by atoms with van der Waals surface area (Å²) in [7, 11) is 0. The topological polar surface area (TPSA) is 63.4 Å². The third-order valence-corrected chi connectivity index (χ3v) is 5.54. The lowest BCUT2D eigenvalue weighted by Crippen LogP contribution is -2.50. The summed E-state index contributed by atoms with van der Waals surface area (Å²) >= 11 is 0. The number of piperidine rings is 1. The van der Waals surface area contributed by atoms with Crippen LogP contribution in [0.3, 0.4) is 0 Å². The number of nitrogens with zero attached hydrogens (tertiary/aromatic N) is 1. The first-order valence-corrected chi connectivity index (χ1v) is 8.87. The standard InChI is InChI=1S/C19H26F2N2O2.ClH/c1-3-19(4-2,12-22)18(25)23-9-7-13(8-10-23)17(24)15-11-14(20)5-6-16(15)21;/h5-6,11,13H,3-4,7-10,12,22H2,1-2H3;1H. The predicted octanol–water partition coefficient (Wildman–Crippen LogP) is 3.57. The average Bonchev–Trinajstić information content (AvgIpc) is 2.65. The summed E-state index contributed by atoms with van der Waals surface area (Å²) in [6.07, 6.45) is 2.25. The summed E-state index contributed by atoms with van der Waals surface area (Å²) < 4.78 is 27.1. The van der Waals surface area contributed by atoms with Gasteiger partial charge in [0, 0.05) is 25.6 Å². The van der Waals surface area contributed by atoms with Gasteiger partial charge in [0.25, 0.3) is 0 Å². The first kappa shape index (κ1) is 22.5. The van der Waals surface area contributed by atoms with Crippen molar-refractivity contribution in [1.82, 2.24) is 4.90 Å². The number of likely N-dealkylation sites (tertiary alicyclic amines) is 1. The molecule has 0 unspecified atom stereocenters. The molecule has 4 nitrogen and oxygen atoms in total. The quantitative estimate of drug-likeness (QED) is 0.757. The van der Waals surface area contributed by atoms with Crippen molar-refractivity contribution in [1.29, 1.82) is 0 Å². The normalized spacial score (nSPS) is 15.5. The molecular weight excluding hydrogens is 362 g/mol. The molecule has 1 amide bonds. The molecule has 0 spiro atoms. The van der Waals surface area contributed by atoms with Gasteiger partial charge in [-0.15, -0.1) is 12.4 Å². The Bertz CT molecular complexity index is 634. The Kier molecular flexibility index (Phi) is 8.15. The molecule has 0 aromatic heterocycles. The molecule has 1 saturated heterocycles. The first-order valence-electron chi connectivity index (χ1n) is 8.87. The lowest BCUT2D eigenvalue weighted by atomic mass is 9.79. The molecule has 1 aromatic carbocycles. The van der Waals surface area contributed by atoms with E-state index in [1.165, 1.54) is 0 Å². The van der Waals surface area contributed by atoms with Crippen LogP contribution in [-0.4, -0.2) is 36.2 Å². The van der Waals surface area contributed by atoms with E-state index in [0.717, 1.165) is 18.2 Å². The molecule has 146 valence electrons. The zero-order valence-corrected chi connectivity index (χ0v) is 16.1. The second kappa shape index (κ2) is 9.42. The van der Waals surface area contributed by atoms with Crippen LogP contribution in [0.4, 0.5) is 8.78 Å². The number of carbonyl (C=O) groups excluding carboxylic acids is 2. The number of halogens is 3. The van der Waals surface area contributed by atoms with Crippen LogP contribution in [0.25, 0.3) is 0 Å². The van der Waals surface area contributed by atoms with Crippen molar-refractivity contribution in [2.75, 3.05) is 19.6 Å². The molecule has 1 fully saturated rings. The molecule has 7 heteroatoms. The maximum absolute atomic E-state index is 13.8. The first-order chi connectivity index (χ1) is 11.9. The van der Waals surface area contributed by atoms with Gasteiger partial charge in [0.2, 0.25) is 5.91 Å². The zero-order chi connectivity index (χ0) is 18.6. The number of ketones is 1. The summed E-state index contributed by atoms with van der Waals surface area (Å²) in [6, 6.07) is 2.91. The van der Waals surface area contributed by atoms with E-state index in [1.807, 2.05) is 13.8 Å². The molecular formula is C19H27ClF2N2O2. The number of hydrogen-bond donors (Lipinski definition) is 1. The minimum atomic E-state index is -0.705. The van der Waals surface area contributed by atoms with Crippen molar-refractivity contribution < 1.29 is 18.4 Å². The van der Waals surface area contributed by atoms with Crippen molar-refractivity contribution in [3.63, 3.8) is 0 Å². The number of nitrogens with two attached hydrogens (primary N) is 1. The lowest BCUT2D eigenvalue weighted by molar-refractivity contribution is -0.143. The Morgan fingerprint density at radius 3 is 2.27 bits per heavy atom. The number of benzene rings is 1. The zero-order valence-electron chi connectivity index (χ0n) is 15.3. The van der Waals surface area contributed by atoms with Crippen LogP contribution in [0.15, 0.2) is 18.2 Å². The number of hydrogen-bond acceptors (Lipinski definition) is 3. The Morgan fingerprint density at radius 2 is 1.77 bits per heavy atom. The molecule has 0 atom stereocenters. The fourth-order valence-electron chi connectivity index (χ4n) is 3.51. The van der Waals surface area contributed by atoms with Gasteiger partial charge in [-0.05, 0) is 43.9 Å². The van der Waals surface area contributed by atoms with Crippen LogP contribution in [-0.2, 0) is 4.79 Å². The SMILES string of the molecule is CCC(CC)(CN)C(=O)N1CCC(C(=O)c2cc(F)ccc2F)CC1.Cl. The molecule has 26 heavy (non-hydrogen) atoms. The van der Waals surface area contributed by atoms with Crippen molar-refractivity contribution >= 4 is 24.1 Å². The molecule has 1 aliphatic heterocycles. The summed E-state index contributed by atoms with van der Waals surface area (Å²) in [6.45, 7) is 5.09. The summed E-state index contributed by atoms with van der Waals surface area (Å²) in [4.78, 5) is 27.1. The van der Waals surface area contributed by atoms with Gasteiger partial charge in [-0.1, -0.05) is 13.8 Å². The Hall–Kier alpha value is -1.53. The van der Waals surface area contributed by atoms with Crippen molar-refractivity contribution in [3.05, 3.63) is 35.4 Å². The number of rotatable bonds is 6. The van der Waals surface area contributed by atoms with E-state index in [9.17, 15) is 18.4 Å². The summed E-state index contributed by atoms with van der Waals surface area (Å²) in [5.74, 6) is -2.08. The van der Waals surface area contributed by atoms with Crippen molar-refractivity contribution in [3.8, 4) is 0 Å². The molecule has 1 aliphatic rings. The lowest BCUT2D eigenvalue weighted by Gasteiger charge is -2.38. The summed E-state index contributed by atoms with van der Waals surface area (Å²) in [5, 5.41) is 0. The monoisotopic (exact) mass is 388 g/mol. The highest BCUT2D eigenvalue weighted by molar-refractivity contribution is 5.98. The van der Waals surface area contributed by atoms with Gasteiger partial charge >= 0.3 is 0 Å². The van der Waals surface area contributed by atoms with E-state index in [2.05, 4.69) is 0 Å². The smallest absolute Gasteiger partial charge is 0.230 e. The van der Waals surface area contributed by atoms with Crippen molar-refractivity contribution in [2.24, 2.45) is 17.1 Å². The fraction of sp³-hybridized carbons (Fsp3) is 0.579. The van der Waals surface area contributed by atoms with E-state index < -0.39 is 23.0 Å². The Morgan fingerprint density at radius 1 is 1.19 bits per heavy atom. The molecule has 0 saturated carbocycles. The van der Waals surface area contributed by atoms with Crippen molar-refractivity contribution in [2.45, 2.75) is 39.5 Å². The number of Topliss-reactive ketones (excluding diaryl/α,β-unsaturated/α-hetero) is 1. The minimum Gasteiger partial charge on any atom is -0.342 e. The molecule has 0 aliphatic carbocycles. The summed E-state index contributed by atoms with van der Waals surface area (Å²) in [5.41, 5.74) is 5.08. The van der Waals surface area contributed by atoms with Crippen LogP contribution in [0, 0.1) is 23.0 Å². The second-order valence-corrected chi connectivity index (χ2v) is 6.75. The van der Waals surface area contributed by atoms with E-state index >= 15 is 0 Å². The average molecular weight is 389 g/mol. The Labute approximate surface area is 159 Å². The third-order valence-electron chi connectivity index (χ3n) is 5.54. The van der Waals surface area contributed by atoms with Gasteiger partial charge in [-0.25, -0.2) is 8.78 Å². The fourth-order valence-corrected chi connectivity index (χ4v) is 3.51. The molecule has 2 N–H and O–H groups in total. The Balaban J connectivity index is 0.00000338. The predicted molar refractivity (Wildman–Crippen MR) is 99.3 cm³/mol. The van der Waals surface area contributed by atoms with Crippen LogP contribution in [0.5, 0.6) is 0 Å². The molecule has 0 radical (unpaired) electrons. The van der Waals surface area contributed by atoms with Gasteiger partial charge in [-0.2, -0.15) is 0 Å². The third kappa shape index (κ3) is 4.41. The highest BCUT2D eigenvalue weighted by Gasteiger charge is 2.39. The number of amides is 1. The maximum atomic E-state index is 13.8. The van der Waals surface area contributed by atoms with Gasteiger partial charge in [0.15, 0.2) is 5.78 Å². The van der Waals surface area contributed by atoms with Gasteiger partial charge < -0.3 is 10.6 Å². The van der Waals surface area contributed by atoms with Crippen LogP contribution >= 0.6 is 12.4 Å². The van der Waals surface area contributed by atoms with Crippen LogP contribution < -0.4 is 5.73 Å². The molecule has 1 aromatic rings. The molecule has 1 heterocycles. The molecule has 0 bridgehead atoms. The van der Waals surface area contributed by atoms with Crippen LogP contribution in [0.1, 0.15) is 49.9 Å². The van der Waals surface area contributed by atoms with E-state index in [0.29, 0.717) is 45.3 Å². The highest BCUT2D eigenvalue weighted by atomic mass is 35.5. The molecule has 2 rings (SSSR count). The maximum Gasteiger partial charge on any atom is 0.230 e.